The van der Waals surface area contributed by atoms with Gasteiger partial charge in [0.1, 0.15) is 6.10 Å². The van der Waals surface area contributed by atoms with Crippen LogP contribution < -0.4 is 10.5 Å². The molecule has 4 heteroatoms. The van der Waals surface area contributed by atoms with Crippen LogP contribution in [0.3, 0.4) is 0 Å². The first kappa shape index (κ1) is 12.9. The van der Waals surface area contributed by atoms with Gasteiger partial charge in [-0.25, -0.2) is 4.39 Å². The smallest absolute Gasteiger partial charge is 0.200 e. The number of rotatable bonds is 3. The van der Waals surface area contributed by atoms with Crippen LogP contribution in [0.25, 0.3) is 0 Å². The number of benzene rings is 1. The van der Waals surface area contributed by atoms with Crippen LogP contribution in [0.4, 0.5) is 8.78 Å². The molecule has 1 unspecified atom stereocenters. The third-order valence-electron chi connectivity index (χ3n) is 2.37. The zero-order valence-corrected chi connectivity index (χ0v) is 9.76. The highest BCUT2D eigenvalue weighted by molar-refractivity contribution is 5.25. The fraction of sp³-hybridized carbons (Fsp3) is 0.500. The lowest BCUT2D eigenvalue weighted by atomic mass is 9.89. The van der Waals surface area contributed by atoms with E-state index in [1.54, 1.807) is 0 Å². The summed E-state index contributed by atoms with van der Waals surface area (Å²) in [7, 11) is 0. The van der Waals surface area contributed by atoms with Gasteiger partial charge in [0, 0.05) is 12.0 Å². The Labute approximate surface area is 94.4 Å². The lowest BCUT2D eigenvalue weighted by molar-refractivity contribution is 0.0890. The average Bonchev–Trinajstić information content (AvgIpc) is 2.18. The summed E-state index contributed by atoms with van der Waals surface area (Å²) < 4.78 is 31.7. The van der Waals surface area contributed by atoms with E-state index in [0.717, 1.165) is 6.07 Å². The van der Waals surface area contributed by atoms with Gasteiger partial charge in [0.2, 0.25) is 5.82 Å². The van der Waals surface area contributed by atoms with Crippen LogP contribution in [-0.2, 0) is 0 Å². The molecule has 0 bridgehead atoms. The maximum absolute atomic E-state index is 13.3. The third kappa shape index (κ3) is 2.92. The van der Waals surface area contributed by atoms with Crippen molar-refractivity contribution in [3.05, 3.63) is 29.8 Å². The SMILES string of the molecule is CC(C)(C)C(CN)Oc1cccc(F)c1F. The number of ether oxygens (including phenoxy) is 1. The fourth-order valence-corrected chi connectivity index (χ4v) is 1.31. The predicted molar refractivity (Wildman–Crippen MR) is 59.3 cm³/mol. The van der Waals surface area contributed by atoms with Crippen molar-refractivity contribution in [3.63, 3.8) is 0 Å². The standard InChI is InChI=1S/C12H17F2NO/c1-12(2,3)10(7-15)16-9-6-4-5-8(13)11(9)14/h4-6,10H,7,15H2,1-3H3. The van der Waals surface area contributed by atoms with E-state index in [-0.39, 0.29) is 23.8 Å². The molecule has 0 aliphatic rings. The molecule has 1 atom stereocenters. The fourth-order valence-electron chi connectivity index (χ4n) is 1.31. The van der Waals surface area contributed by atoms with Gasteiger partial charge in [-0.05, 0) is 12.1 Å². The van der Waals surface area contributed by atoms with Crippen molar-refractivity contribution in [2.75, 3.05) is 6.54 Å². The highest BCUT2D eigenvalue weighted by atomic mass is 19.2. The minimum absolute atomic E-state index is 0.0922. The van der Waals surface area contributed by atoms with Gasteiger partial charge < -0.3 is 10.5 Å². The lowest BCUT2D eigenvalue weighted by Gasteiger charge is -2.30. The molecule has 2 nitrogen and oxygen atoms in total. The van der Waals surface area contributed by atoms with Crippen LogP contribution in [0.15, 0.2) is 18.2 Å². The van der Waals surface area contributed by atoms with Gasteiger partial charge >= 0.3 is 0 Å². The zero-order chi connectivity index (χ0) is 12.3. The Kier molecular flexibility index (Phi) is 3.86. The molecule has 0 heterocycles. The summed E-state index contributed by atoms with van der Waals surface area (Å²) in [6, 6.07) is 3.85. The van der Waals surface area contributed by atoms with Crippen LogP contribution in [0, 0.1) is 17.0 Å². The molecule has 0 saturated carbocycles. The first-order valence-corrected chi connectivity index (χ1v) is 5.17. The van der Waals surface area contributed by atoms with Crippen molar-refractivity contribution in [3.8, 4) is 5.75 Å². The van der Waals surface area contributed by atoms with Crippen LogP contribution in [0.1, 0.15) is 20.8 Å². The van der Waals surface area contributed by atoms with Crippen molar-refractivity contribution < 1.29 is 13.5 Å². The van der Waals surface area contributed by atoms with Crippen LogP contribution in [-0.4, -0.2) is 12.6 Å². The quantitative estimate of drug-likeness (QED) is 0.864. The van der Waals surface area contributed by atoms with Gasteiger partial charge in [0.25, 0.3) is 0 Å². The van der Waals surface area contributed by atoms with Gasteiger partial charge in [0.15, 0.2) is 11.6 Å². The molecule has 2 N–H and O–H groups in total. The average molecular weight is 229 g/mol. The topological polar surface area (TPSA) is 35.2 Å². The second kappa shape index (κ2) is 4.78. The molecule has 0 radical (unpaired) electrons. The van der Waals surface area contributed by atoms with Crippen LogP contribution >= 0.6 is 0 Å². The molecule has 0 amide bonds. The van der Waals surface area contributed by atoms with Crippen molar-refractivity contribution >= 4 is 0 Å². The Morgan fingerprint density at radius 3 is 2.44 bits per heavy atom. The summed E-state index contributed by atoms with van der Waals surface area (Å²) in [5.41, 5.74) is 5.33. The molecule has 1 rings (SSSR count). The number of halogens is 2. The number of hydrogen-bond donors (Lipinski definition) is 1. The summed E-state index contributed by atoms with van der Waals surface area (Å²) in [4.78, 5) is 0. The zero-order valence-electron chi connectivity index (χ0n) is 9.76. The molecule has 90 valence electrons. The Morgan fingerprint density at radius 2 is 1.94 bits per heavy atom. The molecule has 1 aromatic carbocycles. The van der Waals surface area contributed by atoms with E-state index >= 15 is 0 Å². The van der Waals surface area contributed by atoms with Gasteiger partial charge in [-0.1, -0.05) is 26.8 Å². The molecule has 0 aliphatic carbocycles. The molecule has 16 heavy (non-hydrogen) atoms. The van der Waals surface area contributed by atoms with Gasteiger partial charge in [-0.3, -0.25) is 0 Å². The van der Waals surface area contributed by atoms with Gasteiger partial charge in [-0.2, -0.15) is 4.39 Å². The molecule has 0 fully saturated rings. The van der Waals surface area contributed by atoms with E-state index < -0.39 is 11.6 Å². The van der Waals surface area contributed by atoms with Gasteiger partial charge in [-0.15, -0.1) is 0 Å². The second-order valence-electron chi connectivity index (χ2n) is 4.76. The predicted octanol–water partition coefficient (Wildman–Crippen LogP) is 2.72. The van der Waals surface area contributed by atoms with Crippen LogP contribution in [0.2, 0.25) is 0 Å². The maximum Gasteiger partial charge on any atom is 0.200 e. The van der Waals surface area contributed by atoms with E-state index in [1.165, 1.54) is 12.1 Å². The Hall–Kier alpha value is -1.16. The van der Waals surface area contributed by atoms with Crippen LogP contribution in [0.5, 0.6) is 5.75 Å². The van der Waals surface area contributed by atoms with Crippen molar-refractivity contribution in [2.24, 2.45) is 11.1 Å². The maximum atomic E-state index is 13.3. The molecule has 0 spiro atoms. The largest absolute Gasteiger partial charge is 0.485 e. The normalized spacial score (nSPS) is 13.6. The van der Waals surface area contributed by atoms with E-state index in [2.05, 4.69) is 0 Å². The minimum atomic E-state index is -0.967. The third-order valence-corrected chi connectivity index (χ3v) is 2.37. The minimum Gasteiger partial charge on any atom is -0.485 e. The Bertz CT molecular complexity index is 361. The number of hydrogen-bond acceptors (Lipinski definition) is 2. The summed E-state index contributed by atoms with van der Waals surface area (Å²) in [5, 5.41) is 0. The highest BCUT2D eigenvalue weighted by Gasteiger charge is 2.26. The molecule has 0 aliphatic heterocycles. The molecular weight excluding hydrogens is 212 g/mol. The summed E-state index contributed by atoms with van der Waals surface area (Å²) in [5.74, 6) is -1.97. The molecule has 0 saturated heterocycles. The summed E-state index contributed by atoms with van der Waals surface area (Å²) in [6.45, 7) is 6.05. The first-order chi connectivity index (χ1) is 7.36. The van der Waals surface area contributed by atoms with Crippen molar-refractivity contribution in [1.82, 2.24) is 0 Å². The monoisotopic (exact) mass is 229 g/mol. The molecular formula is C12H17F2NO. The van der Waals surface area contributed by atoms with Gasteiger partial charge in [0.05, 0.1) is 0 Å². The number of nitrogens with two attached hydrogens (primary N) is 1. The van der Waals surface area contributed by atoms with E-state index in [0.29, 0.717) is 0 Å². The first-order valence-electron chi connectivity index (χ1n) is 5.17. The van der Waals surface area contributed by atoms with E-state index in [4.69, 9.17) is 10.5 Å². The Balaban J connectivity index is 2.91. The Morgan fingerprint density at radius 1 is 1.31 bits per heavy atom. The second-order valence-corrected chi connectivity index (χ2v) is 4.76. The van der Waals surface area contributed by atoms with E-state index in [9.17, 15) is 8.78 Å². The lowest BCUT2D eigenvalue weighted by Crippen LogP contribution is -2.39. The summed E-state index contributed by atoms with van der Waals surface area (Å²) >= 11 is 0. The summed E-state index contributed by atoms with van der Waals surface area (Å²) in [6.07, 6.45) is -0.358. The highest BCUT2D eigenvalue weighted by Crippen LogP contribution is 2.26. The van der Waals surface area contributed by atoms with Crippen molar-refractivity contribution in [2.45, 2.75) is 26.9 Å². The molecule has 0 aromatic heterocycles. The van der Waals surface area contributed by atoms with Crippen molar-refractivity contribution in [1.29, 1.82) is 0 Å². The van der Waals surface area contributed by atoms with E-state index in [1.807, 2.05) is 20.8 Å². The molecule has 1 aromatic rings.